The van der Waals surface area contributed by atoms with Crippen LogP contribution in [0.3, 0.4) is 0 Å². The summed E-state index contributed by atoms with van der Waals surface area (Å²) < 4.78 is 8.73. The molecule has 0 fully saturated rings. The Morgan fingerprint density at radius 2 is 1.83 bits per heavy atom. The third kappa shape index (κ3) is 3.87. The van der Waals surface area contributed by atoms with Gasteiger partial charge in [-0.1, -0.05) is 30.3 Å². The van der Waals surface area contributed by atoms with Crippen LogP contribution in [0.4, 0.5) is 0 Å². The molecule has 0 unspecified atom stereocenters. The van der Waals surface area contributed by atoms with Crippen molar-refractivity contribution in [2.45, 2.75) is 33.9 Å². The molecule has 1 aromatic carbocycles. The average Bonchev–Trinajstić information content (AvgIpc) is 2.99. The molecule has 4 rings (SSSR count). The molecule has 30 heavy (non-hydrogen) atoms. The first-order chi connectivity index (χ1) is 14.4. The van der Waals surface area contributed by atoms with Crippen LogP contribution in [0.5, 0.6) is 0 Å². The van der Waals surface area contributed by atoms with E-state index in [-0.39, 0.29) is 12.2 Å². The zero-order valence-electron chi connectivity index (χ0n) is 17.1. The zero-order valence-corrected chi connectivity index (χ0v) is 17.1. The lowest BCUT2D eigenvalue weighted by Gasteiger charge is -2.08. The highest BCUT2D eigenvalue weighted by atomic mass is 16.5. The summed E-state index contributed by atoms with van der Waals surface area (Å²) in [6.45, 7) is 6.05. The van der Waals surface area contributed by atoms with E-state index in [1.807, 2.05) is 56.3 Å². The number of fused-ring (bicyclic) bond motifs is 1. The number of hydrogen-bond donors (Lipinski definition) is 0. The Labute approximate surface area is 173 Å². The molecule has 4 aromatic rings. The van der Waals surface area contributed by atoms with Gasteiger partial charge in [-0.25, -0.2) is 9.78 Å². The molecular formula is C23H22N4O3. The van der Waals surface area contributed by atoms with Crippen LogP contribution in [-0.4, -0.2) is 25.1 Å². The van der Waals surface area contributed by atoms with E-state index in [4.69, 9.17) is 4.74 Å². The quantitative estimate of drug-likeness (QED) is 0.479. The fourth-order valence-corrected chi connectivity index (χ4v) is 3.44. The average molecular weight is 402 g/mol. The number of nitrogens with zero attached hydrogens (tertiary/aromatic N) is 4. The van der Waals surface area contributed by atoms with E-state index < -0.39 is 5.97 Å². The molecular weight excluding hydrogens is 380 g/mol. The number of ether oxygens (including phenoxy) is 1. The molecule has 0 N–H and O–H groups in total. The summed E-state index contributed by atoms with van der Waals surface area (Å²) >= 11 is 0. The predicted octanol–water partition coefficient (Wildman–Crippen LogP) is 3.22. The molecule has 0 aliphatic rings. The van der Waals surface area contributed by atoms with E-state index in [2.05, 4.69) is 10.1 Å². The van der Waals surface area contributed by atoms with Crippen molar-refractivity contribution in [3.63, 3.8) is 0 Å². The summed E-state index contributed by atoms with van der Waals surface area (Å²) in [5, 5.41) is 4.49. The fourth-order valence-electron chi connectivity index (χ4n) is 3.44. The molecule has 0 aliphatic carbocycles. The molecule has 7 heteroatoms. The lowest BCUT2D eigenvalue weighted by Crippen LogP contribution is -2.17. The third-order valence-electron chi connectivity index (χ3n) is 4.99. The number of aromatic nitrogens is 4. The molecule has 0 bridgehead atoms. The van der Waals surface area contributed by atoms with Gasteiger partial charge in [0, 0.05) is 12.3 Å². The Morgan fingerprint density at radius 3 is 2.60 bits per heavy atom. The molecule has 3 heterocycles. The van der Waals surface area contributed by atoms with Crippen LogP contribution >= 0.6 is 0 Å². The van der Waals surface area contributed by atoms with E-state index in [9.17, 15) is 9.59 Å². The van der Waals surface area contributed by atoms with Crippen LogP contribution in [-0.2, 0) is 17.9 Å². The normalized spacial score (nSPS) is 11.0. The van der Waals surface area contributed by atoms with Crippen molar-refractivity contribution in [1.29, 1.82) is 0 Å². The summed E-state index contributed by atoms with van der Waals surface area (Å²) in [6.07, 6.45) is 1.68. The van der Waals surface area contributed by atoms with Crippen LogP contribution in [0.25, 0.3) is 5.65 Å². The minimum Gasteiger partial charge on any atom is -0.455 e. The highest BCUT2D eigenvalue weighted by molar-refractivity contribution is 5.91. The van der Waals surface area contributed by atoms with E-state index in [1.165, 1.54) is 10.5 Å². The second-order valence-corrected chi connectivity index (χ2v) is 7.28. The van der Waals surface area contributed by atoms with Gasteiger partial charge in [0.05, 0.1) is 23.6 Å². The molecule has 0 radical (unpaired) electrons. The van der Waals surface area contributed by atoms with Crippen LogP contribution in [0, 0.1) is 20.8 Å². The van der Waals surface area contributed by atoms with Gasteiger partial charge in [-0.3, -0.25) is 13.9 Å². The highest BCUT2D eigenvalue weighted by Crippen LogP contribution is 2.17. The molecule has 7 nitrogen and oxygen atoms in total. The topological polar surface area (TPSA) is 78.5 Å². The minimum atomic E-state index is -0.476. The summed E-state index contributed by atoms with van der Waals surface area (Å²) in [5.41, 5.74) is 4.60. The fraction of sp³-hybridized carbons (Fsp3) is 0.217. The maximum atomic E-state index is 12.7. The Hall–Kier alpha value is -3.74. The SMILES string of the molecule is Cc1ccn2c(=O)cc(COC(=O)c3c(C)nn(Cc4ccccc4)c3C)nc2c1. The third-order valence-corrected chi connectivity index (χ3v) is 4.99. The maximum absolute atomic E-state index is 12.7. The van der Waals surface area contributed by atoms with Gasteiger partial charge in [0.1, 0.15) is 17.8 Å². The second-order valence-electron chi connectivity index (χ2n) is 7.28. The van der Waals surface area contributed by atoms with Gasteiger partial charge in [-0.05, 0) is 44.0 Å². The zero-order chi connectivity index (χ0) is 21.3. The molecule has 0 spiro atoms. The van der Waals surface area contributed by atoms with Gasteiger partial charge >= 0.3 is 5.97 Å². The second kappa shape index (κ2) is 7.94. The van der Waals surface area contributed by atoms with E-state index in [0.717, 1.165) is 16.8 Å². The van der Waals surface area contributed by atoms with Gasteiger partial charge in [-0.2, -0.15) is 5.10 Å². The molecule has 0 saturated heterocycles. The Balaban J connectivity index is 1.53. The van der Waals surface area contributed by atoms with Crippen LogP contribution < -0.4 is 5.56 Å². The largest absolute Gasteiger partial charge is 0.455 e. The van der Waals surface area contributed by atoms with E-state index in [1.54, 1.807) is 17.8 Å². The van der Waals surface area contributed by atoms with Crippen LogP contribution in [0.15, 0.2) is 59.5 Å². The monoisotopic (exact) mass is 402 g/mol. The summed E-state index contributed by atoms with van der Waals surface area (Å²) in [7, 11) is 0. The molecule has 0 atom stereocenters. The van der Waals surface area contributed by atoms with Crippen molar-refractivity contribution in [1.82, 2.24) is 19.2 Å². The van der Waals surface area contributed by atoms with Gasteiger partial charge in [0.2, 0.25) is 0 Å². The van der Waals surface area contributed by atoms with Crippen molar-refractivity contribution in [3.8, 4) is 0 Å². The van der Waals surface area contributed by atoms with Crippen molar-refractivity contribution < 1.29 is 9.53 Å². The van der Waals surface area contributed by atoms with Gasteiger partial charge in [0.15, 0.2) is 0 Å². The first-order valence-electron chi connectivity index (χ1n) is 9.66. The van der Waals surface area contributed by atoms with Gasteiger partial charge in [-0.15, -0.1) is 0 Å². The Morgan fingerprint density at radius 1 is 1.07 bits per heavy atom. The van der Waals surface area contributed by atoms with Crippen molar-refractivity contribution in [2.75, 3.05) is 0 Å². The van der Waals surface area contributed by atoms with E-state index >= 15 is 0 Å². The van der Waals surface area contributed by atoms with Crippen LogP contribution in [0.2, 0.25) is 0 Å². The van der Waals surface area contributed by atoms with Crippen LogP contribution in [0.1, 0.15) is 38.6 Å². The molecule has 0 amide bonds. The molecule has 0 saturated carbocycles. The van der Waals surface area contributed by atoms with Crippen molar-refractivity contribution in [2.24, 2.45) is 0 Å². The standard InChI is InChI=1S/C23H22N4O3/c1-15-9-10-26-20(11-15)24-19(12-21(26)28)14-30-23(29)22-16(2)25-27(17(22)3)13-18-7-5-4-6-8-18/h4-12H,13-14H2,1-3H3. The molecule has 152 valence electrons. The van der Waals surface area contributed by atoms with Crippen molar-refractivity contribution >= 4 is 11.6 Å². The van der Waals surface area contributed by atoms with Gasteiger partial charge in [0.25, 0.3) is 5.56 Å². The maximum Gasteiger partial charge on any atom is 0.342 e. The Bertz CT molecular complexity index is 1290. The number of esters is 1. The summed E-state index contributed by atoms with van der Waals surface area (Å²) in [6, 6.07) is 15.0. The lowest BCUT2D eigenvalue weighted by atomic mass is 10.2. The minimum absolute atomic E-state index is 0.0821. The Kier molecular flexibility index (Phi) is 5.18. The first-order valence-corrected chi connectivity index (χ1v) is 9.66. The highest BCUT2D eigenvalue weighted by Gasteiger charge is 2.20. The van der Waals surface area contributed by atoms with Gasteiger partial charge < -0.3 is 4.74 Å². The number of rotatable bonds is 5. The lowest BCUT2D eigenvalue weighted by molar-refractivity contribution is 0.0466. The summed E-state index contributed by atoms with van der Waals surface area (Å²) in [5.74, 6) is -0.476. The first kappa shape index (κ1) is 19.6. The predicted molar refractivity (Wildman–Crippen MR) is 113 cm³/mol. The number of carbonyl (C=O) groups is 1. The summed E-state index contributed by atoms with van der Waals surface area (Å²) in [4.78, 5) is 29.5. The molecule has 3 aromatic heterocycles. The number of aryl methyl sites for hydroxylation is 2. The van der Waals surface area contributed by atoms with Crippen molar-refractivity contribution in [3.05, 3.63) is 98.9 Å². The number of hydrogen-bond acceptors (Lipinski definition) is 5. The smallest absolute Gasteiger partial charge is 0.342 e. The number of pyridine rings is 1. The molecule has 0 aliphatic heterocycles. The van der Waals surface area contributed by atoms with E-state index in [0.29, 0.717) is 29.1 Å². The number of benzene rings is 1. The number of carbonyl (C=O) groups excluding carboxylic acids is 1.